The van der Waals surface area contributed by atoms with Crippen molar-refractivity contribution < 1.29 is 48.6 Å². The molecule has 0 radical (unpaired) electrons. The van der Waals surface area contributed by atoms with E-state index in [1.54, 1.807) is 68.1 Å². The summed E-state index contributed by atoms with van der Waals surface area (Å²) in [7, 11) is 0. The molecule has 18 nitrogen and oxygen atoms in total. The fraction of sp³-hybridized carbons (Fsp3) is 0.304. The molecule has 0 saturated carbocycles. The summed E-state index contributed by atoms with van der Waals surface area (Å²) in [5.74, 6) is 0.113. The number of fused-ring (bicyclic) bond motifs is 2. The number of benzene rings is 4. The Hall–Kier alpha value is -7.09. The van der Waals surface area contributed by atoms with Gasteiger partial charge in [0, 0.05) is 102 Å². The number of nitro groups is 2. The maximum atomic E-state index is 13.4. The van der Waals surface area contributed by atoms with E-state index in [-0.39, 0.29) is 69.1 Å². The minimum Gasteiger partial charge on any atom is -0.339 e. The zero-order valence-corrected chi connectivity index (χ0v) is 36.4. The monoisotopic (exact) mass is 904 g/mol. The number of rotatable bonds is 10. The summed E-state index contributed by atoms with van der Waals surface area (Å²) < 4.78 is 0. The van der Waals surface area contributed by atoms with Gasteiger partial charge in [-0.05, 0) is 70.8 Å². The van der Waals surface area contributed by atoms with Crippen LogP contribution >= 0.6 is 11.8 Å². The fourth-order valence-electron chi connectivity index (χ4n) is 8.26. The van der Waals surface area contributed by atoms with Crippen LogP contribution in [0.4, 0.5) is 11.4 Å². The van der Waals surface area contributed by atoms with Crippen molar-refractivity contribution in [1.82, 2.24) is 19.6 Å². The van der Waals surface area contributed by atoms with Crippen molar-refractivity contribution in [1.29, 1.82) is 0 Å². The van der Waals surface area contributed by atoms with Gasteiger partial charge in [-0.1, -0.05) is 36.0 Å². The Labute approximate surface area is 377 Å². The quantitative estimate of drug-likeness (QED) is 0.0762. The van der Waals surface area contributed by atoms with Gasteiger partial charge in [0.25, 0.3) is 11.4 Å². The van der Waals surface area contributed by atoms with E-state index in [1.165, 1.54) is 50.3 Å². The van der Waals surface area contributed by atoms with E-state index >= 15 is 0 Å². The van der Waals surface area contributed by atoms with Crippen LogP contribution in [0.25, 0.3) is 34.4 Å². The molecule has 4 aromatic rings. The average Bonchev–Trinajstić information content (AvgIpc) is 3.32. The molecule has 0 atom stereocenters. The summed E-state index contributed by atoms with van der Waals surface area (Å²) >= 11 is 0.854. The summed E-state index contributed by atoms with van der Waals surface area (Å²) in [6, 6.07) is 16.4. The summed E-state index contributed by atoms with van der Waals surface area (Å²) in [4.78, 5) is 104. The highest BCUT2D eigenvalue weighted by atomic mass is 32.2. The Morgan fingerprint density at radius 3 is 1.32 bits per heavy atom. The molecule has 4 aliphatic rings. The third kappa shape index (κ3) is 9.71. The zero-order chi connectivity index (χ0) is 45.8. The Morgan fingerprint density at radius 2 is 0.954 bits per heavy atom. The highest BCUT2D eigenvalue weighted by Crippen LogP contribution is 2.49. The van der Waals surface area contributed by atoms with Gasteiger partial charge in [-0.2, -0.15) is 9.78 Å². The van der Waals surface area contributed by atoms with Gasteiger partial charge in [-0.3, -0.25) is 39.4 Å². The number of hydrogen-bond donors (Lipinski definition) is 0. The van der Waals surface area contributed by atoms with Crippen LogP contribution in [0.1, 0.15) is 36.1 Å². The smallest absolute Gasteiger partial charge is 0.291 e. The Morgan fingerprint density at radius 1 is 0.569 bits per heavy atom. The summed E-state index contributed by atoms with van der Waals surface area (Å²) in [5.41, 5.74) is 2.80. The van der Waals surface area contributed by atoms with Gasteiger partial charge in [0.15, 0.2) is 11.5 Å². The van der Waals surface area contributed by atoms with E-state index < -0.39 is 9.85 Å². The van der Waals surface area contributed by atoms with Crippen LogP contribution in [0, 0.1) is 20.2 Å². The van der Waals surface area contributed by atoms with Crippen LogP contribution in [-0.2, 0) is 41.8 Å². The van der Waals surface area contributed by atoms with Gasteiger partial charge in [0.1, 0.15) is 0 Å². The van der Waals surface area contributed by atoms with Crippen molar-refractivity contribution in [2.75, 3.05) is 65.6 Å². The molecule has 4 amide bonds. The van der Waals surface area contributed by atoms with Crippen molar-refractivity contribution in [3.63, 3.8) is 0 Å². The van der Waals surface area contributed by atoms with E-state index in [4.69, 9.17) is 19.6 Å². The van der Waals surface area contributed by atoms with E-state index in [0.717, 1.165) is 22.9 Å². The molecule has 336 valence electrons. The number of amides is 4. The van der Waals surface area contributed by atoms with Gasteiger partial charge < -0.3 is 29.4 Å². The Bertz CT molecular complexity index is 2470. The molecule has 0 spiro atoms. The Balaban J connectivity index is 1.21. The van der Waals surface area contributed by atoms with Crippen molar-refractivity contribution in [2.45, 2.75) is 36.5 Å². The van der Waals surface area contributed by atoms with E-state index in [1.807, 2.05) is 0 Å². The van der Waals surface area contributed by atoms with Crippen molar-refractivity contribution in [2.24, 2.45) is 0 Å². The normalized spacial score (nSPS) is 16.2. The zero-order valence-electron chi connectivity index (χ0n) is 35.6. The van der Waals surface area contributed by atoms with E-state index in [2.05, 4.69) is 0 Å². The van der Waals surface area contributed by atoms with Gasteiger partial charge >= 0.3 is 0 Å². The molecule has 0 aromatic heterocycles. The molecule has 0 aliphatic carbocycles. The lowest BCUT2D eigenvalue weighted by Gasteiger charge is -2.33. The number of hydrogen-bond acceptors (Lipinski definition) is 13. The minimum atomic E-state index is -0.534. The summed E-state index contributed by atoms with van der Waals surface area (Å²) in [5, 5.41) is 26.7. The average molecular weight is 905 g/mol. The van der Waals surface area contributed by atoms with E-state index in [9.17, 15) is 39.4 Å². The SMILES string of the molecule is CC(=O)N1CCN(C(=O)/C=C/c2ccc(Sc3ccc(/C=C/C(=O)N4CCN(C(C)=O)CC4)c(-c4ccc5c(c4)CCOO5)c3[N+](=O)[O-])c([N+](=O)[O-])c2-c2ccc3c(c2)CCOO3)CC1. The molecule has 2 saturated heterocycles. The molecule has 0 N–H and O–H groups in total. The molecule has 0 bridgehead atoms. The molecular formula is C46H44N6O12S. The summed E-state index contributed by atoms with van der Waals surface area (Å²) in [6.07, 6.45) is 6.69. The maximum Gasteiger partial charge on any atom is 0.291 e. The molecule has 4 aliphatic heterocycles. The second-order valence-corrected chi connectivity index (χ2v) is 16.7. The van der Waals surface area contributed by atoms with Gasteiger partial charge in [0.05, 0.1) is 44.0 Å². The molecule has 4 aromatic carbocycles. The van der Waals surface area contributed by atoms with Crippen LogP contribution in [0.5, 0.6) is 11.5 Å². The maximum absolute atomic E-state index is 13.4. The highest BCUT2D eigenvalue weighted by molar-refractivity contribution is 7.99. The topological polar surface area (TPSA) is 204 Å². The van der Waals surface area contributed by atoms with Gasteiger partial charge in [-0.15, -0.1) is 0 Å². The molecule has 65 heavy (non-hydrogen) atoms. The number of carbonyl (C=O) groups excluding carboxylic acids is 4. The fourth-order valence-corrected chi connectivity index (χ4v) is 9.31. The predicted molar refractivity (Wildman–Crippen MR) is 237 cm³/mol. The lowest BCUT2D eigenvalue weighted by Crippen LogP contribution is -2.49. The second kappa shape index (κ2) is 19.3. The van der Waals surface area contributed by atoms with Crippen LogP contribution in [-0.4, -0.2) is 119 Å². The molecule has 0 unspecified atom stereocenters. The largest absolute Gasteiger partial charge is 0.339 e. The highest BCUT2D eigenvalue weighted by Gasteiger charge is 2.31. The molecule has 4 heterocycles. The van der Waals surface area contributed by atoms with Crippen molar-refractivity contribution in [3.8, 4) is 33.8 Å². The third-order valence-electron chi connectivity index (χ3n) is 11.7. The number of nitrogens with zero attached hydrogens (tertiary/aromatic N) is 6. The number of piperazine rings is 2. The number of nitro benzene ring substituents is 2. The van der Waals surface area contributed by atoms with Gasteiger partial charge in [0.2, 0.25) is 23.6 Å². The third-order valence-corrected chi connectivity index (χ3v) is 12.8. The first kappa shape index (κ1) is 44.5. The molecule has 2 fully saturated rings. The standard InChI is InChI=1S/C46H44N6O12S/c1-29(53)47-17-21-49(22-18-47)41(55)13-7-31-5-11-39(45(51(57)58)43(31)35-3-9-37-33(27-35)15-25-61-63-37)65-40-12-6-32(8-14-42(56)50-23-19-48(20-24-50)30(2)54)44(46(40)52(59)60)36-4-10-38-34(28-36)16-26-62-64-38/h3-14,27-28H,15-26H2,1-2H3/b13-7+,14-8+. The van der Waals surface area contributed by atoms with Crippen molar-refractivity contribution in [3.05, 3.63) is 115 Å². The van der Waals surface area contributed by atoms with Crippen molar-refractivity contribution >= 4 is 58.9 Å². The first-order valence-corrected chi connectivity index (χ1v) is 21.8. The first-order valence-electron chi connectivity index (χ1n) is 21.0. The molecule has 19 heteroatoms. The first-order chi connectivity index (χ1) is 31.4. The van der Waals surface area contributed by atoms with Gasteiger partial charge in [-0.25, -0.2) is 0 Å². The Kier molecular flexibility index (Phi) is 13.2. The lowest BCUT2D eigenvalue weighted by molar-refractivity contribution is -0.387. The lowest BCUT2D eigenvalue weighted by atomic mass is 9.94. The molecule has 8 rings (SSSR count). The van der Waals surface area contributed by atoms with Crippen LogP contribution < -0.4 is 9.78 Å². The summed E-state index contributed by atoms with van der Waals surface area (Å²) in [6.45, 7) is 6.36. The predicted octanol–water partition coefficient (Wildman–Crippen LogP) is 6.13. The molecular weight excluding hydrogens is 861 g/mol. The number of carbonyl (C=O) groups is 4. The van der Waals surface area contributed by atoms with E-state index in [0.29, 0.717) is 99.0 Å². The second-order valence-electron chi connectivity index (χ2n) is 15.7. The van der Waals surface area contributed by atoms with Crippen LogP contribution in [0.15, 0.2) is 82.6 Å². The van der Waals surface area contributed by atoms with Crippen LogP contribution in [0.2, 0.25) is 0 Å². The van der Waals surface area contributed by atoms with Crippen LogP contribution in [0.3, 0.4) is 0 Å². The minimum absolute atomic E-state index is 0.0760.